The number of aromatic nitrogens is 4. The van der Waals surface area contributed by atoms with Gasteiger partial charge in [0.1, 0.15) is 5.82 Å². The first kappa shape index (κ1) is 26.7. The molecule has 0 spiro atoms. The van der Waals surface area contributed by atoms with Gasteiger partial charge in [0.2, 0.25) is 5.91 Å². The molecular formula is C21H34N6O5S. The molecule has 0 bridgehead atoms. The number of nitrogens with two attached hydrogens (primary N) is 1. The number of hydrogen-bond donors (Lipinski definition) is 2. The van der Waals surface area contributed by atoms with Gasteiger partial charge < -0.3 is 24.7 Å². The number of hydrogen-bond acceptors (Lipinski definition) is 8. The summed E-state index contributed by atoms with van der Waals surface area (Å²) in [5.41, 5.74) is 6.77. The molecular weight excluding hydrogens is 448 g/mol. The fourth-order valence-corrected chi connectivity index (χ4v) is 4.30. The summed E-state index contributed by atoms with van der Waals surface area (Å²) in [7, 11) is 3.14. The molecule has 0 aliphatic rings. The number of aryl methyl sites for hydroxylation is 1. The summed E-state index contributed by atoms with van der Waals surface area (Å²) in [5.74, 6) is -0.342. The van der Waals surface area contributed by atoms with E-state index in [1.165, 1.54) is 28.3 Å². The normalized spacial score (nSPS) is 11.2. The van der Waals surface area contributed by atoms with E-state index >= 15 is 0 Å². The van der Waals surface area contributed by atoms with Crippen molar-refractivity contribution in [3.05, 3.63) is 32.2 Å². The van der Waals surface area contributed by atoms with E-state index in [0.29, 0.717) is 31.3 Å². The molecule has 1 amide bonds. The SMILES string of the molecule is CCCCn1c(N)c(N(CCOC)C(=O)CSc2nc(C)c(C)n2CCOC)c(=O)[nH]c1=O. The molecule has 0 atom stereocenters. The third-order valence-electron chi connectivity index (χ3n) is 5.31. The Kier molecular flexibility index (Phi) is 10.2. The molecule has 2 rings (SSSR count). The summed E-state index contributed by atoms with van der Waals surface area (Å²) >= 11 is 1.27. The van der Waals surface area contributed by atoms with E-state index in [-0.39, 0.29) is 36.3 Å². The number of nitrogen functional groups attached to an aromatic ring is 1. The van der Waals surface area contributed by atoms with Crippen molar-refractivity contribution >= 4 is 29.2 Å². The number of nitrogens with zero attached hydrogens (tertiary/aromatic N) is 4. The average molecular weight is 483 g/mol. The first-order valence-electron chi connectivity index (χ1n) is 10.8. The summed E-state index contributed by atoms with van der Waals surface area (Å²) in [4.78, 5) is 46.3. The van der Waals surface area contributed by atoms with Gasteiger partial charge in [0.05, 0.1) is 24.7 Å². The Hall–Kier alpha value is -2.57. The quantitative estimate of drug-likeness (QED) is 0.406. The lowest BCUT2D eigenvalue weighted by Gasteiger charge is -2.24. The average Bonchev–Trinajstić information content (AvgIpc) is 3.05. The molecule has 0 radical (unpaired) electrons. The molecule has 0 saturated carbocycles. The second-order valence-corrected chi connectivity index (χ2v) is 8.48. The molecule has 33 heavy (non-hydrogen) atoms. The number of ether oxygens (including phenoxy) is 2. The van der Waals surface area contributed by atoms with Crippen molar-refractivity contribution < 1.29 is 14.3 Å². The summed E-state index contributed by atoms with van der Waals surface area (Å²) in [5, 5.41) is 0.692. The monoisotopic (exact) mass is 482 g/mol. The minimum Gasteiger partial charge on any atom is -0.383 e. The molecule has 0 aromatic carbocycles. The molecule has 184 valence electrons. The van der Waals surface area contributed by atoms with Gasteiger partial charge in [0.25, 0.3) is 5.56 Å². The number of nitrogens with one attached hydrogen (secondary N) is 1. The van der Waals surface area contributed by atoms with Crippen molar-refractivity contribution in [3.8, 4) is 0 Å². The van der Waals surface area contributed by atoms with E-state index in [1.54, 1.807) is 7.11 Å². The van der Waals surface area contributed by atoms with Gasteiger partial charge >= 0.3 is 5.69 Å². The van der Waals surface area contributed by atoms with Crippen LogP contribution in [0.1, 0.15) is 31.2 Å². The van der Waals surface area contributed by atoms with Crippen molar-refractivity contribution in [2.24, 2.45) is 0 Å². The molecule has 2 aromatic rings. The van der Waals surface area contributed by atoms with E-state index < -0.39 is 11.2 Å². The zero-order chi connectivity index (χ0) is 24.5. The van der Waals surface area contributed by atoms with Gasteiger partial charge in [0.15, 0.2) is 10.8 Å². The van der Waals surface area contributed by atoms with Crippen LogP contribution >= 0.6 is 11.8 Å². The number of thioether (sulfide) groups is 1. The fourth-order valence-electron chi connectivity index (χ4n) is 3.30. The van der Waals surface area contributed by atoms with E-state index in [4.69, 9.17) is 15.2 Å². The van der Waals surface area contributed by atoms with Crippen LogP contribution in [0, 0.1) is 13.8 Å². The van der Waals surface area contributed by atoms with Crippen molar-refractivity contribution in [2.45, 2.75) is 51.9 Å². The maximum Gasteiger partial charge on any atom is 0.330 e. The highest BCUT2D eigenvalue weighted by Gasteiger charge is 2.25. The Morgan fingerprint density at radius 1 is 1.15 bits per heavy atom. The summed E-state index contributed by atoms with van der Waals surface area (Å²) in [6, 6.07) is 0. The fraction of sp³-hybridized carbons (Fsp3) is 0.619. The Balaban J connectivity index is 2.35. The molecule has 0 saturated heterocycles. The Bertz CT molecular complexity index is 1060. The van der Waals surface area contributed by atoms with E-state index in [9.17, 15) is 14.4 Å². The lowest BCUT2D eigenvalue weighted by molar-refractivity contribution is -0.116. The molecule has 2 aromatic heterocycles. The second kappa shape index (κ2) is 12.6. The molecule has 0 unspecified atom stereocenters. The number of amides is 1. The van der Waals surface area contributed by atoms with E-state index in [0.717, 1.165) is 17.8 Å². The molecule has 3 N–H and O–H groups in total. The van der Waals surface area contributed by atoms with Gasteiger partial charge in [-0.05, 0) is 20.3 Å². The van der Waals surface area contributed by atoms with Crippen LogP contribution in [0.15, 0.2) is 14.7 Å². The van der Waals surface area contributed by atoms with Crippen LogP contribution in [-0.2, 0) is 27.4 Å². The lowest BCUT2D eigenvalue weighted by atomic mass is 10.3. The van der Waals surface area contributed by atoms with E-state index in [1.807, 2.05) is 25.3 Å². The van der Waals surface area contributed by atoms with Crippen LogP contribution in [-0.4, -0.2) is 64.7 Å². The summed E-state index contributed by atoms with van der Waals surface area (Å²) in [6.45, 7) is 7.66. The van der Waals surface area contributed by atoms with Gasteiger partial charge in [-0.1, -0.05) is 25.1 Å². The molecule has 0 aliphatic heterocycles. The smallest absolute Gasteiger partial charge is 0.330 e. The number of aromatic amines is 1. The second-order valence-electron chi connectivity index (χ2n) is 7.53. The summed E-state index contributed by atoms with van der Waals surface area (Å²) < 4.78 is 13.6. The van der Waals surface area contributed by atoms with Gasteiger partial charge in [-0.3, -0.25) is 19.1 Å². The summed E-state index contributed by atoms with van der Waals surface area (Å²) in [6.07, 6.45) is 1.55. The van der Waals surface area contributed by atoms with E-state index in [2.05, 4.69) is 9.97 Å². The first-order chi connectivity index (χ1) is 15.8. The number of rotatable bonds is 13. The molecule has 2 heterocycles. The number of carbonyl (C=O) groups is 1. The zero-order valence-electron chi connectivity index (χ0n) is 20.0. The molecule has 0 aliphatic carbocycles. The van der Waals surface area contributed by atoms with Gasteiger partial charge in [-0.25, -0.2) is 9.78 Å². The van der Waals surface area contributed by atoms with Crippen LogP contribution in [0.2, 0.25) is 0 Å². The first-order valence-corrected chi connectivity index (χ1v) is 11.8. The number of H-pyrrole nitrogens is 1. The van der Waals surface area contributed by atoms with Crippen LogP contribution in [0.25, 0.3) is 0 Å². The molecule has 11 nitrogen and oxygen atoms in total. The zero-order valence-corrected chi connectivity index (χ0v) is 20.8. The molecule has 12 heteroatoms. The standard InChI is InChI=1S/C21H34N6O5S/c1-6-7-8-27-18(22)17(19(29)24-20(27)30)26(10-12-32-5)16(28)13-33-21-23-14(2)15(3)25(21)9-11-31-4/h6-13,22H2,1-5H3,(H,24,29,30). The topological polar surface area (TPSA) is 137 Å². The van der Waals surface area contributed by atoms with Gasteiger partial charge in [-0.2, -0.15) is 0 Å². The third kappa shape index (κ3) is 6.49. The van der Waals surface area contributed by atoms with Crippen molar-refractivity contribution in [2.75, 3.05) is 50.4 Å². The lowest BCUT2D eigenvalue weighted by Crippen LogP contribution is -2.43. The number of anilines is 2. The maximum atomic E-state index is 13.2. The Morgan fingerprint density at radius 3 is 2.48 bits per heavy atom. The predicted octanol–water partition coefficient (Wildman–Crippen LogP) is 1.15. The predicted molar refractivity (Wildman–Crippen MR) is 129 cm³/mol. The maximum absolute atomic E-state index is 13.2. The molecule has 0 fully saturated rings. The third-order valence-corrected chi connectivity index (χ3v) is 6.27. The van der Waals surface area contributed by atoms with Crippen LogP contribution in [0.4, 0.5) is 11.5 Å². The van der Waals surface area contributed by atoms with Crippen LogP contribution in [0.5, 0.6) is 0 Å². The van der Waals surface area contributed by atoms with Gasteiger partial charge in [0, 0.05) is 39.5 Å². The number of methoxy groups -OCH3 is 2. The van der Waals surface area contributed by atoms with Crippen molar-refractivity contribution in [3.63, 3.8) is 0 Å². The largest absolute Gasteiger partial charge is 0.383 e. The van der Waals surface area contributed by atoms with Crippen molar-refractivity contribution in [1.29, 1.82) is 0 Å². The Morgan fingerprint density at radius 2 is 1.85 bits per heavy atom. The highest BCUT2D eigenvalue weighted by atomic mass is 32.2. The highest BCUT2D eigenvalue weighted by Crippen LogP contribution is 2.24. The minimum absolute atomic E-state index is 0.0273. The van der Waals surface area contributed by atoms with Crippen molar-refractivity contribution in [1.82, 2.24) is 19.1 Å². The number of imidazole rings is 1. The minimum atomic E-state index is -0.701. The van der Waals surface area contributed by atoms with Crippen LogP contribution < -0.4 is 21.9 Å². The number of carbonyl (C=O) groups excluding carboxylic acids is 1. The Labute approximate surface area is 197 Å². The highest BCUT2D eigenvalue weighted by molar-refractivity contribution is 7.99. The van der Waals surface area contributed by atoms with Gasteiger partial charge in [-0.15, -0.1) is 0 Å². The number of unbranched alkanes of at least 4 members (excludes halogenated alkanes) is 1. The van der Waals surface area contributed by atoms with Crippen LogP contribution in [0.3, 0.4) is 0 Å².